The molecule has 0 aliphatic carbocycles. The van der Waals surface area contributed by atoms with Gasteiger partial charge >= 0.3 is 5.97 Å². The second-order valence-corrected chi connectivity index (χ2v) is 9.07. The van der Waals surface area contributed by atoms with E-state index in [0.29, 0.717) is 11.3 Å². The SMILES string of the molecule is Cc1ccc(C(=O)O)c2c1nc(N1CCCCC1)n2-c1ccc(-c2ccccc2-c2nnn[nH]2)cc1. The minimum Gasteiger partial charge on any atom is -0.478 e. The molecule has 180 valence electrons. The Kier molecular flexibility index (Phi) is 5.44. The molecule has 1 saturated heterocycles. The largest absolute Gasteiger partial charge is 0.478 e. The number of nitrogens with zero attached hydrogens (tertiary/aromatic N) is 6. The number of benzene rings is 3. The number of piperidine rings is 1. The van der Waals surface area contributed by atoms with Crippen molar-refractivity contribution in [2.24, 2.45) is 0 Å². The van der Waals surface area contributed by atoms with Gasteiger partial charge in [0.05, 0.1) is 16.6 Å². The van der Waals surface area contributed by atoms with Gasteiger partial charge in [-0.2, -0.15) is 0 Å². The minimum atomic E-state index is -0.961. The molecular formula is C27H25N7O2. The van der Waals surface area contributed by atoms with Crippen molar-refractivity contribution in [2.75, 3.05) is 18.0 Å². The number of hydrogen-bond acceptors (Lipinski definition) is 6. The third-order valence-corrected chi connectivity index (χ3v) is 6.82. The van der Waals surface area contributed by atoms with Crippen LogP contribution in [-0.2, 0) is 0 Å². The van der Waals surface area contributed by atoms with Gasteiger partial charge in [0.25, 0.3) is 0 Å². The zero-order chi connectivity index (χ0) is 24.6. The van der Waals surface area contributed by atoms with E-state index in [4.69, 9.17) is 4.98 Å². The molecule has 9 heteroatoms. The maximum Gasteiger partial charge on any atom is 0.337 e. The predicted molar refractivity (Wildman–Crippen MR) is 137 cm³/mol. The predicted octanol–water partition coefficient (Wildman–Crippen LogP) is 4.87. The van der Waals surface area contributed by atoms with Crippen molar-refractivity contribution in [3.05, 3.63) is 71.8 Å². The van der Waals surface area contributed by atoms with E-state index in [1.165, 1.54) is 6.42 Å². The molecular weight excluding hydrogens is 454 g/mol. The summed E-state index contributed by atoms with van der Waals surface area (Å²) in [7, 11) is 0. The molecule has 0 bridgehead atoms. The number of anilines is 1. The van der Waals surface area contributed by atoms with Crippen LogP contribution < -0.4 is 4.90 Å². The first kappa shape index (κ1) is 22.0. The molecule has 0 unspecified atom stereocenters. The van der Waals surface area contributed by atoms with Crippen LogP contribution in [0, 0.1) is 6.92 Å². The quantitative estimate of drug-likeness (QED) is 0.370. The number of carboxylic acids is 1. The Morgan fingerprint density at radius 3 is 2.39 bits per heavy atom. The normalized spacial score (nSPS) is 13.9. The summed E-state index contributed by atoms with van der Waals surface area (Å²) >= 11 is 0. The number of nitrogens with one attached hydrogen (secondary N) is 1. The average Bonchev–Trinajstić information content (AvgIpc) is 3.59. The maximum atomic E-state index is 12.2. The Bertz CT molecular complexity index is 1550. The van der Waals surface area contributed by atoms with Crippen LogP contribution in [-0.4, -0.2) is 54.3 Å². The van der Waals surface area contributed by atoms with Crippen LogP contribution in [0.25, 0.3) is 39.2 Å². The lowest BCUT2D eigenvalue weighted by atomic mass is 9.99. The average molecular weight is 480 g/mol. The molecule has 0 radical (unpaired) electrons. The van der Waals surface area contributed by atoms with Crippen molar-refractivity contribution < 1.29 is 9.90 Å². The number of rotatable bonds is 5. The van der Waals surface area contributed by atoms with Crippen molar-refractivity contribution in [3.63, 3.8) is 0 Å². The highest BCUT2D eigenvalue weighted by Crippen LogP contribution is 2.35. The van der Waals surface area contributed by atoms with Gasteiger partial charge in [-0.05, 0) is 71.5 Å². The van der Waals surface area contributed by atoms with E-state index in [-0.39, 0.29) is 5.56 Å². The zero-order valence-electron chi connectivity index (χ0n) is 19.8. The molecule has 2 aromatic heterocycles. The Hall–Kier alpha value is -4.53. The van der Waals surface area contributed by atoms with Gasteiger partial charge in [-0.25, -0.2) is 14.9 Å². The molecule has 9 nitrogen and oxygen atoms in total. The van der Waals surface area contributed by atoms with Gasteiger partial charge in [0.2, 0.25) is 5.95 Å². The number of hydrogen-bond donors (Lipinski definition) is 2. The lowest BCUT2D eigenvalue weighted by Crippen LogP contribution is -2.31. The summed E-state index contributed by atoms with van der Waals surface area (Å²) in [6, 6.07) is 19.6. The van der Waals surface area contributed by atoms with E-state index in [0.717, 1.165) is 65.3 Å². The highest BCUT2D eigenvalue weighted by Gasteiger charge is 2.25. The molecule has 1 fully saturated rings. The van der Waals surface area contributed by atoms with E-state index in [1.807, 2.05) is 66.1 Å². The smallest absolute Gasteiger partial charge is 0.337 e. The van der Waals surface area contributed by atoms with Crippen LogP contribution in [0.5, 0.6) is 0 Å². The third-order valence-electron chi connectivity index (χ3n) is 6.82. The summed E-state index contributed by atoms with van der Waals surface area (Å²) in [5.74, 6) is 0.434. The van der Waals surface area contributed by atoms with Gasteiger partial charge in [0, 0.05) is 24.3 Å². The number of aryl methyl sites for hydroxylation is 1. The standard InChI is InChI=1S/C27H25N7O2/c1-17-9-14-22(26(35)36)24-23(17)28-27(33-15-5-2-6-16-33)34(24)19-12-10-18(11-13-19)20-7-3-4-8-21(20)25-29-31-32-30-25/h3-4,7-14H,2,5-6,15-16H2,1H3,(H,35,36)(H,29,30,31,32). The number of carbonyl (C=O) groups is 1. The first-order valence-electron chi connectivity index (χ1n) is 12.1. The van der Waals surface area contributed by atoms with E-state index < -0.39 is 5.97 Å². The number of aromatic amines is 1. The number of fused-ring (bicyclic) bond motifs is 1. The van der Waals surface area contributed by atoms with Gasteiger partial charge in [-0.1, -0.05) is 42.5 Å². The molecule has 1 aliphatic rings. The van der Waals surface area contributed by atoms with Crippen molar-refractivity contribution in [2.45, 2.75) is 26.2 Å². The summed E-state index contributed by atoms with van der Waals surface area (Å²) in [5.41, 5.74) is 6.33. The first-order valence-corrected chi connectivity index (χ1v) is 12.1. The molecule has 5 aromatic rings. The first-order chi connectivity index (χ1) is 17.6. The molecule has 0 amide bonds. The number of aromatic carboxylic acids is 1. The Morgan fingerprint density at radius 2 is 1.69 bits per heavy atom. The van der Waals surface area contributed by atoms with Crippen LogP contribution in [0.3, 0.4) is 0 Å². The van der Waals surface area contributed by atoms with E-state index in [2.05, 4.69) is 25.5 Å². The van der Waals surface area contributed by atoms with Crippen LogP contribution in [0.4, 0.5) is 5.95 Å². The lowest BCUT2D eigenvalue weighted by molar-refractivity contribution is 0.0698. The number of tetrazole rings is 1. The molecule has 0 saturated carbocycles. The van der Waals surface area contributed by atoms with E-state index >= 15 is 0 Å². The van der Waals surface area contributed by atoms with Crippen molar-refractivity contribution in [1.29, 1.82) is 0 Å². The van der Waals surface area contributed by atoms with Gasteiger partial charge in [-0.15, -0.1) is 5.10 Å². The van der Waals surface area contributed by atoms with E-state index in [9.17, 15) is 9.90 Å². The fourth-order valence-electron chi connectivity index (χ4n) is 5.03. The van der Waals surface area contributed by atoms with Gasteiger partial charge in [0.1, 0.15) is 0 Å². The fraction of sp³-hybridized carbons (Fsp3) is 0.222. The second-order valence-electron chi connectivity index (χ2n) is 9.07. The lowest BCUT2D eigenvalue weighted by Gasteiger charge is -2.28. The Balaban J connectivity index is 1.52. The van der Waals surface area contributed by atoms with Crippen LogP contribution >= 0.6 is 0 Å². The zero-order valence-corrected chi connectivity index (χ0v) is 19.8. The number of imidazole rings is 1. The summed E-state index contributed by atoms with van der Waals surface area (Å²) < 4.78 is 2.01. The van der Waals surface area contributed by atoms with Crippen molar-refractivity contribution >= 4 is 23.0 Å². The van der Waals surface area contributed by atoms with Crippen LogP contribution in [0.15, 0.2) is 60.7 Å². The second kappa shape index (κ2) is 8.92. The summed E-state index contributed by atoms with van der Waals surface area (Å²) in [4.78, 5) is 19.5. The molecule has 1 aliphatic heterocycles. The molecule has 36 heavy (non-hydrogen) atoms. The summed E-state index contributed by atoms with van der Waals surface area (Å²) in [6.07, 6.45) is 3.39. The maximum absolute atomic E-state index is 12.2. The van der Waals surface area contributed by atoms with Gasteiger partial charge < -0.3 is 10.0 Å². The van der Waals surface area contributed by atoms with Crippen LogP contribution in [0.1, 0.15) is 35.2 Å². The van der Waals surface area contributed by atoms with E-state index in [1.54, 1.807) is 6.07 Å². The molecule has 3 heterocycles. The summed E-state index contributed by atoms with van der Waals surface area (Å²) in [5, 5.41) is 24.3. The molecule has 2 N–H and O–H groups in total. The summed E-state index contributed by atoms with van der Waals surface area (Å²) in [6.45, 7) is 3.78. The fourth-order valence-corrected chi connectivity index (χ4v) is 5.03. The Morgan fingerprint density at radius 1 is 0.944 bits per heavy atom. The monoisotopic (exact) mass is 479 g/mol. The highest BCUT2D eigenvalue weighted by molar-refractivity contribution is 6.03. The number of H-pyrrole nitrogens is 1. The van der Waals surface area contributed by atoms with Crippen LogP contribution in [0.2, 0.25) is 0 Å². The molecule has 6 rings (SSSR count). The number of carboxylic acid groups (broad SMARTS) is 1. The van der Waals surface area contributed by atoms with Crippen molar-refractivity contribution in [3.8, 4) is 28.2 Å². The minimum absolute atomic E-state index is 0.249. The van der Waals surface area contributed by atoms with Crippen molar-refractivity contribution in [1.82, 2.24) is 30.2 Å². The molecule has 0 spiro atoms. The third kappa shape index (κ3) is 3.69. The molecule has 0 atom stereocenters. The molecule has 3 aromatic carbocycles. The highest BCUT2D eigenvalue weighted by atomic mass is 16.4. The number of aromatic nitrogens is 6. The van der Waals surface area contributed by atoms with Gasteiger partial charge in [0.15, 0.2) is 5.82 Å². The topological polar surface area (TPSA) is 113 Å². The Labute approximate surface area is 207 Å². The van der Waals surface area contributed by atoms with Gasteiger partial charge in [-0.3, -0.25) is 4.57 Å².